The summed E-state index contributed by atoms with van der Waals surface area (Å²) in [5.74, 6) is 0. The second kappa shape index (κ2) is 4.99. The van der Waals surface area contributed by atoms with Crippen LogP contribution in [0.5, 0.6) is 0 Å². The molecule has 94 valence electrons. The smallest absolute Gasteiger partial charge is 0.0741 e. The Morgan fingerprint density at radius 3 is 2.56 bits per heavy atom. The number of fused-ring (bicyclic) bond motifs is 1. The van der Waals surface area contributed by atoms with E-state index in [9.17, 15) is 5.11 Å². The molecule has 2 nitrogen and oxygen atoms in total. The summed E-state index contributed by atoms with van der Waals surface area (Å²) in [6, 6.07) is 15.0. The molecule has 0 saturated heterocycles. The second-order valence-corrected chi connectivity index (χ2v) is 5.16. The Morgan fingerprint density at radius 2 is 1.72 bits per heavy atom. The summed E-state index contributed by atoms with van der Waals surface area (Å²) in [4.78, 5) is 0. The number of hydrogen-bond acceptors (Lipinski definition) is 2. The molecule has 1 aliphatic carbocycles. The van der Waals surface area contributed by atoms with Gasteiger partial charge in [0.25, 0.3) is 0 Å². The lowest BCUT2D eigenvalue weighted by Gasteiger charge is -2.29. The van der Waals surface area contributed by atoms with E-state index in [0.29, 0.717) is 0 Å². The molecule has 0 radical (unpaired) electrons. The van der Waals surface area contributed by atoms with Crippen LogP contribution in [0.3, 0.4) is 0 Å². The van der Waals surface area contributed by atoms with Crippen LogP contribution in [0, 0.1) is 0 Å². The van der Waals surface area contributed by atoms with Crippen molar-refractivity contribution >= 4 is 16.5 Å². The van der Waals surface area contributed by atoms with E-state index in [-0.39, 0.29) is 12.1 Å². The molecule has 0 bridgehead atoms. The van der Waals surface area contributed by atoms with Crippen molar-refractivity contribution < 1.29 is 5.11 Å². The van der Waals surface area contributed by atoms with Gasteiger partial charge in [-0.25, -0.2) is 0 Å². The second-order valence-electron chi connectivity index (χ2n) is 5.16. The molecule has 0 amide bonds. The van der Waals surface area contributed by atoms with Gasteiger partial charge >= 0.3 is 0 Å². The van der Waals surface area contributed by atoms with Gasteiger partial charge < -0.3 is 10.4 Å². The Bertz CT molecular complexity index is 537. The predicted molar refractivity (Wildman–Crippen MR) is 75.8 cm³/mol. The normalized spacial score (nSPS) is 24.1. The van der Waals surface area contributed by atoms with Crippen LogP contribution < -0.4 is 5.32 Å². The summed E-state index contributed by atoms with van der Waals surface area (Å²) in [6.45, 7) is 0. The monoisotopic (exact) mass is 241 g/mol. The molecule has 0 aliphatic heterocycles. The molecular formula is C16H19NO. The van der Waals surface area contributed by atoms with Crippen LogP contribution in [-0.2, 0) is 0 Å². The molecule has 18 heavy (non-hydrogen) atoms. The van der Waals surface area contributed by atoms with Gasteiger partial charge in [0.05, 0.1) is 12.1 Å². The van der Waals surface area contributed by atoms with Gasteiger partial charge in [-0.15, -0.1) is 0 Å². The third kappa shape index (κ3) is 2.34. The first-order chi connectivity index (χ1) is 8.83. The number of nitrogens with one attached hydrogen (secondary N) is 1. The molecule has 1 aliphatic rings. The third-order valence-corrected chi connectivity index (χ3v) is 3.83. The lowest BCUT2D eigenvalue weighted by Crippen LogP contribution is -2.36. The van der Waals surface area contributed by atoms with E-state index >= 15 is 0 Å². The summed E-state index contributed by atoms with van der Waals surface area (Å²) in [6.07, 6.45) is 4.14. The van der Waals surface area contributed by atoms with Crippen molar-refractivity contribution in [3.63, 3.8) is 0 Å². The van der Waals surface area contributed by atoms with Crippen LogP contribution in [0.25, 0.3) is 10.8 Å². The van der Waals surface area contributed by atoms with Gasteiger partial charge in [-0.05, 0) is 35.7 Å². The maximum atomic E-state index is 9.98. The lowest BCUT2D eigenvalue weighted by atomic mass is 9.92. The Kier molecular flexibility index (Phi) is 3.20. The number of hydrogen-bond donors (Lipinski definition) is 2. The van der Waals surface area contributed by atoms with Crippen molar-refractivity contribution in [3.8, 4) is 0 Å². The maximum absolute atomic E-state index is 9.98. The van der Waals surface area contributed by atoms with Crippen LogP contribution in [-0.4, -0.2) is 17.3 Å². The molecule has 3 rings (SSSR count). The highest BCUT2D eigenvalue weighted by Crippen LogP contribution is 2.24. The van der Waals surface area contributed by atoms with Gasteiger partial charge in [-0.2, -0.15) is 0 Å². The zero-order valence-electron chi connectivity index (χ0n) is 10.5. The van der Waals surface area contributed by atoms with Gasteiger partial charge in [0.15, 0.2) is 0 Å². The van der Waals surface area contributed by atoms with Gasteiger partial charge in [-0.3, -0.25) is 0 Å². The first-order valence-electron chi connectivity index (χ1n) is 6.76. The average Bonchev–Trinajstić information content (AvgIpc) is 2.41. The molecule has 2 heteroatoms. The first-order valence-corrected chi connectivity index (χ1v) is 6.76. The Balaban J connectivity index is 1.81. The fourth-order valence-corrected chi connectivity index (χ4v) is 2.77. The molecule has 2 atom stereocenters. The van der Waals surface area contributed by atoms with Crippen molar-refractivity contribution in [2.24, 2.45) is 0 Å². The minimum absolute atomic E-state index is 0.203. The minimum atomic E-state index is -0.203. The molecular weight excluding hydrogens is 222 g/mol. The van der Waals surface area contributed by atoms with Gasteiger partial charge in [-0.1, -0.05) is 43.2 Å². The molecule has 1 saturated carbocycles. The average molecular weight is 241 g/mol. The highest BCUT2D eigenvalue weighted by Gasteiger charge is 2.22. The zero-order valence-corrected chi connectivity index (χ0v) is 10.5. The topological polar surface area (TPSA) is 32.3 Å². The molecule has 0 unspecified atom stereocenters. The number of aliphatic hydroxyl groups is 1. The third-order valence-electron chi connectivity index (χ3n) is 3.83. The summed E-state index contributed by atoms with van der Waals surface area (Å²) in [5, 5.41) is 16.0. The van der Waals surface area contributed by atoms with Gasteiger partial charge in [0.2, 0.25) is 0 Å². The fraction of sp³-hybridized carbons (Fsp3) is 0.375. The van der Waals surface area contributed by atoms with Crippen molar-refractivity contribution in [2.45, 2.75) is 37.8 Å². The Morgan fingerprint density at radius 1 is 0.944 bits per heavy atom. The SMILES string of the molecule is O[C@@H]1CCCC[C@@H]1Nc1ccc2ccccc2c1. The molecule has 1 fully saturated rings. The standard InChI is InChI=1S/C16H19NO/c18-16-8-4-3-7-15(16)17-14-10-9-12-5-1-2-6-13(12)11-14/h1-2,5-6,9-11,15-18H,3-4,7-8H2/t15-,16+/m0/s1. The summed E-state index contributed by atoms with van der Waals surface area (Å²) >= 11 is 0. The minimum Gasteiger partial charge on any atom is -0.391 e. The van der Waals surface area contributed by atoms with E-state index in [2.05, 4.69) is 47.8 Å². The maximum Gasteiger partial charge on any atom is 0.0741 e. The van der Waals surface area contributed by atoms with Crippen LogP contribution in [0.2, 0.25) is 0 Å². The van der Waals surface area contributed by atoms with E-state index in [0.717, 1.165) is 24.9 Å². The number of benzene rings is 2. The number of rotatable bonds is 2. The van der Waals surface area contributed by atoms with Crippen LogP contribution in [0.1, 0.15) is 25.7 Å². The van der Waals surface area contributed by atoms with Crippen LogP contribution in [0.4, 0.5) is 5.69 Å². The fourth-order valence-electron chi connectivity index (χ4n) is 2.77. The predicted octanol–water partition coefficient (Wildman–Crippen LogP) is 3.56. The summed E-state index contributed by atoms with van der Waals surface area (Å²) in [7, 11) is 0. The molecule has 0 aromatic heterocycles. The van der Waals surface area contributed by atoms with E-state index in [1.165, 1.54) is 17.2 Å². The highest BCUT2D eigenvalue weighted by molar-refractivity contribution is 5.85. The van der Waals surface area contributed by atoms with Crippen molar-refractivity contribution in [1.29, 1.82) is 0 Å². The van der Waals surface area contributed by atoms with E-state index in [1.54, 1.807) is 0 Å². The molecule has 0 heterocycles. The largest absolute Gasteiger partial charge is 0.391 e. The Labute approximate surface area is 108 Å². The lowest BCUT2D eigenvalue weighted by molar-refractivity contribution is 0.116. The summed E-state index contributed by atoms with van der Waals surface area (Å²) < 4.78 is 0. The van der Waals surface area contributed by atoms with E-state index in [1.807, 2.05) is 0 Å². The van der Waals surface area contributed by atoms with Crippen LogP contribution >= 0.6 is 0 Å². The zero-order chi connectivity index (χ0) is 12.4. The quantitative estimate of drug-likeness (QED) is 0.842. The molecule has 2 aromatic rings. The van der Waals surface area contributed by atoms with Crippen LogP contribution in [0.15, 0.2) is 42.5 Å². The van der Waals surface area contributed by atoms with E-state index in [4.69, 9.17) is 0 Å². The first kappa shape index (κ1) is 11.5. The molecule has 2 N–H and O–H groups in total. The van der Waals surface area contributed by atoms with Crippen molar-refractivity contribution in [2.75, 3.05) is 5.32 Å². The van der Waals surface area contributed by atoms with E-state index < -0.39 is 0 Å². The number of aliphatic hydroxyl groups excluding tert-OH is 1. The van der Waals surface area contributed by atoms with Crippen molar-refractivity contribution in [1.82, 2.24) is 0 Å². The molecule has 2 aromatic carbocycles. The van der Waals surface area contributed by atoms with Gasteiger partial charge in [0.1, 0.15) is 0 Å². The Hall–Kier alpha value is -1.54. The number of anilines is 1. The summed E-state index contributed by atoms with van der Waals surface area (Å²) in [5.41, 5.74) is 1.11. The van der Waals surface area contributed by atoms with Gasteiger partial charge in [0, 0.05) is 5.69 Å². The highest BCUT2D eigenvalue weighted by atomic mass is 16.3. The van der Waals surface area contributed by atoms with Crippen molar-refractivity contribution in [3.05, 3.63) is 42.5 Å². The molecule has 0 spiro atoms.